The average molecular weight is 349 g/mol. The molecule has 1 aromatic carbocycles. The third-order valence-electron chi connectivity index (χ3n) is 3.02. The number of ether oxygens (including phenoxy) is 1. The number of nitrogens with two attached hydrogens (primary N) is 1. The van der Waals surface area contributed by atoms with E-state index in [-0.39, 0.29) is 16.9 Å². The van der Waals surface area contributed by atoms with Crippen molar-refractivity contribution in [3.63, 3.8) is 0 Å². The molecule has 0 saturated carbocycles. The Bertz CT molecular complexity index is 863. The Morgan fingerprint density at radius 1 is 1.25 bits per heavy atom. The van der Waals surface area contributed by atoms with Gasteiger partial charge in [0.15, 0.2) is 0 Å². The molecule has 0 aliphatic rings. The maximum absolute atomic E-state index is 12.0. The first-order valence-corrected chi connectivity index (χ1v) is 8.79. The maximum atomic E-state index is 12.0. The van der Waals surface area contributed by atoms with Gasteiger partial charge in [-0.1, -0.05) is 6.07 Å². The van der Waals surface area contributed by atoms with Gasteiger partial charge in [-0.3, -0.25) is 4.79 Å². The van der Waals surface area contributed by atoms with Crippen molar-refractivity contribution in [1.82, 2.24) is 4.98 Å². The summed E-state index contributed by atoms with van der Waals surface area (Å²) in [6.07, 6.45) is 1.43. The van der Waals surface area contributed by atoms with Crippen molar-refractivity contribution in [3.05, 3.63) is 36.5 Å². The summed E-state index contributed by atoms with van der Waals surface area (Å²) in [6.45, 7) is 5.03. The quantitative estimate of drug-likeness (QED) is 0.859. The molecule has 0 aliphatic carbocycles. The number of rotatable bonds is 5. The fraction of sp³-hybridized carbons (Fsp3) is 0.250. The first-order chi connectivity index (χ1) is 11.2. The van der Waals surface area contributed by atoms with Gasteiger partial charge in [0.25, 0.3) is 0 Å². The van der Waals surface area contributed by atoms with Gasteiger partial charge < -0.3 is 10.1 Å². The zero-order valence-electron chi connectivity index (χ0n) is 13.6. The molecule has 8 heteroatoms. The Hall–Kier alpha value is -2.45. The normalized spacial score (nSPS) is 11.4. The van der Waals surface area contributed by atoms with Crippen LogP contribution in [-0.2, 0) is 14.8 Å². The molecule has 0 spiro atoms. The number of hydrogen-bond donors (Lipinski definition) is 2. The number of amides is 1. The molecule has 0 unspecified atom stereocenters. The van der Waals surface area contributed by atoms with E-state index in [2.05, 4.69) is 10.3 Å². The zero-order chi connectivity index (χ0) is 17.9. The van der Waals surface area contributed by atoms with Crippen LogP contribution in [0.1, 0.15) is 20.8 Å². The molecule has 2 aromatic rings. The van der Waals surface area contributed by atoms with E-state index < -0.39 is 10.0 Å². The van der Waals surface area contributed by atoms with Crippen LogP contribution in [0.5, 0.6) is 5.88 Å². The van der Waals surface area contributed by atoms with E-state index in [0.29, 0.717) is 22.7 Å². The number of aromatic nitrogens is 1. The van der Waals surface area contributed by atoms with Gasteiger partial charge in [0, 0.05) is 29.9 Å². The van der Waals surface area contributed by atoms with Crippen molar-refractivity contribution < 1.29 is 17.9 Å². The van der Waals surface area contributed by atoms with Gasteiger partial charge >= 0.3 is 0 Å². The lowest BCUT2D eigenvalue weighted by atomic mass is 10.1. The van der Waals surface area contributed by atoms with E-state index in [9.17, 15) is 13.2 Å². The first kappa shape index (κ1) is 17.9. The molecule has 1 heterocycles. The van der Waals surface area contributed by atoms with Gasteiger partial charge in [-0.25, -0.2) is 18.5 Å². The Morgan fingerprint density at radius 2 is 1.96 bits per heavy atom. The molecule has 0 saturated heterocycles. The highest BCUT2D eigenvalue weighted by Crippen LogP contribution is 2.34. The number of sulfonamides is 1. The van der Waals surface area contributed by atoms with Crippen molar-refractivity contribution >= 4 is 21.6 Å². The molecule has 0 bridgehead atoms. The number of nitrogens with zero attached hydrogens (tertiary/aromatic N) is 1. The highest BCUT2D eigenvalue weighted by atomic mass is 32.2. The molecule has 0 fully saturated rings. The predicted octanol–water partition coefficient (Wildman–Crippen LogP) is 2.14. The largest absolute Gasteiger partial charge is 0.475 e. The number of hydrogen-bond acceptors (Lipinski definition) is 5. The van der Waals surface area contributed by atoms with Crippen molar-refractivity contribution in [2.75, 3.05) is 5.32 Å². The molecule has 0 radical (unpaired) electrons. The second kappa shape index (κ2) is 6.98. The summed E-state index contributed by atoms with van der Waals surface area (Å²) in [5, 5.41) is 7.88. The molecule has 2 rings (SSSR count). The lowest BCUT2D eigenvalue weighted by Crippen LogP contribution is -2.15. The van der Waals surface area contributed by atoms with E-state index in [1.54, 1.807) is 30.5 Å². The van der Waals surface area contributed by atoms with Crippen molar-refractivity contribution in [2.45, 2.75) is 31.8 Å². The molecule has 3 N–H and O–H groups in total. The molecule has 1 amide bonds. The summed E-state index contributed by atoms with van der Waals surface area (Å²) in [5.41, 5.74) is 1.20. The average Bonchev–Trinajstić information content (AvgIpc) is 2.46. The topological polar surface area (TPSA) is 111 Å². The first-order valence-electron chi connectivity index (χ1n) is 7.25. The summed E-state index contributed by atoms with van der Waals surface area (Å²) >= 11 is 0. The van der Waals surface area contributed by atoms with Gasteiger partial charge in [-0.2, -0.15) is 0 Å². The second-order valence-corrected chi connectivity index (χ2v) is 6.99. The fourth-order valence-electron chi connectivity index (χ4n) is 2.17. The monoisotopic (exact) mass is 349 g/mol. The van der Waals surface area contributed by atoms with E-state index in [4.69, 9.17) is 9.88 Å². The lowest BCUT2D eigenvalue weighted by molar-refractivity contribution is -0.114. The fourth-order valence-corrected chi connectivity index (χ4v) is 2.95. The molecule has 24 heavy (non-hydrogen) atoms. The number of pyridine rings is 1. The maximum Gasteiger partial charge on any atom is 0.238 e. The molecular formula is C16H19N3O4S. The van der Waals surface area contributed by atoms with Crippen molar-refractivity contribution in [3.8, 4) is 17.0 Å². The highest BCUT2D eigenvalue weighted by molar-refractivity contribution is 7.89. The third kappa shape index (κ3) is 4.30. The summed E-state index contributed by atoms with van der Waals surface area (Å²) in [6, 6.07) is 7.86. The van der Waals surface area contributed by atoms with Crippen LogP contribution in [0.15, 0.2) is 41.4 Å². The minimum Gasteiger partial charge on any atom is -0.475 e. The minimum atomic E-state index is -4.02. The molecule has 1 aromatic heterocycles. The summed E-state index contributed by atoms with van der Waals surface area (Å²) in [4.78, 5) is 15.2. The van der Waals surface area contributed by atoms with Crippen LogP contribution >= 0.6 is 0 Å². The number of carbonyl (C=O) groups excluding carboxylic acids is 1. The molecule has 7 nitrogen and oxygen atoms in total. The van der Waals surface area contributed by atoms with Crippen LogP contribution in [0.25, 0.3) is 11.1 Å². The summed E-state index contributed by atoms with van der Waals surface area (Å²) < 4.78 is 29.7. The van der Waals surface area contributed by atoms with Gasteiger partial charge in [-0.15, -0.1) is 0 Å². The standard InChI is InChI=1S/C16H19N3O4S/c1-10(2)23-16-14(5-4-8-18-16)13-7-6-12(19-11(3)20)9-15(13)24(17,21)22/h4-10H,1-3H3,(H,19,20)(H2,17,21,22). The second-order valence-electron chi connectivity index (χ2n) is 5.46. The Labute approximate surface area is 140 Å². The summed E-state index contributed by atoms with van der Waals surface area (Å²) in [5.74, 6) is -0.00185. The van der Waals surface area contributed by atoms with E-state index in [1.807, 2.05) is 13.8 Å². The SMILES string of the molecule is CC(=O)Nc1ccc(-c2cccnc2OC(C)C)c(S(N)(=O)=O)c1. The smallest absolute Gasteiger partial charge is 0.238 e. The van der Waals surface area contributed by atoms with Gasteiger partial charge in [0.1, 0.15) is 0 Å². The van der Waals surface area contributed by atoms with Crippen LogP contribution in [-0.4, -0.2) is 25.4 Å². The molecule has 0 aliphatic heterocycles. The Kier molecular flexibility index (Phi) is 5.20. The number of anilines is 1. The van der Waals surface area contributed by atoms with Crippen LogP contribution < -0.4 is 15.2 Å². The van der Waals surface area contributed by atoms with E-state index >= 15 is 0 Å². The third-order valence-corrected chi connectivity index (χ3v) is 3.97. The summed E-state index contributed by atoms with van der Waals surface area (Å²) in [7, 11) is -4.02. The van der Waals surface area contributed by atoms with Crippen LogP contribution in [0.4, 0.5) is 5.69 Å². The van der Waals surface area contributed by atoms with Gasteiger partial charge in [0.2, 0.25) is 21.8 Å². The molecular weight excluding hydrogens is 330 g/mol. The van der Waals surface area contributed by atoms with Crippen molar-refractivity contribution in [1.29, 1.82) is 0 Å². The number of primary sulfonamides is 1. The molecule has 0 atom stereocenters. The van der Waals surface area contributed by atoms with E-state index in [1.165, 1.54) is 13.0 Å². The Balaban J connectivity index is 2.65. The van der Waals surface area contributed by atoms with Crippen LogP contribution in [0.3, 0.4) is 0 Å². The molecule has 128 valence electrons. The lowest BCUT2D eigenvalue weighted by Gasteiger charge is -2.15. The van der Waals surface area contributed by atoms with Crippen molar-refractivity contribution in [2.24, 2.45) is 5.14 Å². The number of benzene rings is 1. The zero-order valence-corrected chi connectivity index (χ0v) is 14.4. The number of carbonyl (C=O) groups is 1. The van der Waals surface area contributed by atoms with E-state index in [0.717, 1.165) is 0 Å². The van der Waals surface area contributed by atoms with Gasteiger partial charge in [0.05, 0.1) is 11.0 Å². The number of nitrogens with one attached hydrogen (secondary N) is 1. The van der Waals surface area contributed by atoms with Gasteiger partial charge in [-0.05, 0) is 38.1 Å². The minimum absolute atomic E-state index is 0.115. The van der Waals surface area contributed by atoms with Crippen LogP contribution in [0.2, 0.25) is 0 Å². The highest BCUT2D eigenvalue weighted by Gasteiger charge is 2.20. The predicted molar refractivity (Wildman–Crippen MR) is 91.1 cm³/mol. The Morgan fingerprint density at radius 3 is 2.54 bits per heavy atom. The van der Waals surface area contributed by atoms with Crippen LogP contribution in [0, 0.1) is 0 Å².